The summed E-state index contributed by atoms with van der Waals surface area (Å²) in [5.74, 6) is 0.693. The van der Waals surface area contributed by atoms with Crippen LogP contribution in [0.15, 0.2) is 0 Å². The maximum absolute atomic E-state index is 11.5. The number of nitrogens with one attached hydrogen (secondary N) is 1. The largest absolute Gasteiger partial charge is 0.480 e. The number of rotatable bonds is 7. The SMILES string of the molecule is CCCNC(C)(CC(C)n1nc(C)nc1C)C(=O)O. The smallest absolute Gasteiger partial charge is 0.323 e. The van der Waals surface area contributed by atoms with Gasteiger partial charge in [-0.05, 0) is 47.1 Å². The third-order valence-electron chi connectivity index (χ3n) is 3.27. The van der Waals surface area contributed by atoms with Crippen LogP contribution in [0.3, 0.4) is 0 Å². The Morgan fingerprint density at radius 2 is 2.16 bits per heavy atom. The lowest BCUT2D eigenvalue weighted by Crippen LogP contribution is -2.51. The van der Waals surface area contributed by atoms with Crippen LogP contribution in [-0.2, 0) is 4.79 Å². The van der Waals surface area contributed by atoms with Crippen molar-refractivity contribution in [2.75, 3.05) is 6.54 Å². The topological polar surface area (TPSA) is 80.0 Å². The van der Waals surface area contributed by atoms with Crippen molar-refractivity contribution in [2.45, 2.75) is 59.0 Å². The number of hydrogen-bond acceptors (Lipinski definition) is 4. The average molecular weight is 268 g/mol. The van der Waals surface area contributed by atoms with Crippen molar-refractivity contribution in [1.82, 2.24) is 20.1 Å². The Bertz CT molecular complexity index is 444. The first-order valence-corrected chi connectivity index (χ1v) is 6.68. The van der Waals surface area contributed by atoms with E-state index in [4.69, 9.17) is 0 Å². The third kappa shape index (κ3) is 3.76. The molecule has 19 heavy (non-hydrogen) atoms. The Morgan fingerprint density at radius 3 is 2.58 bits per heavy atom. The molecule has 0 amide bonds. The van der Waals surface area contributed by atoms with E-state index in [-0.39, 0.29) is 6.04 Å². The molecule has 0 aromatic carbocycles. The number of hydrogen-bond donors (Lipinski definition) is 2. The van der Waals surface area contributed by atoms with Gasteiger partial charge in [0.1, 0.15) is 17.2 Å². The van der Waals surface area contributed by atoms with Crippen LogP contribution in [0.2, 0.25) is 0 Å². The molecular formula is C13H24N4O2. The summed E-state index contributed by atoms with van der Waals surface area (Å²) in [6.07, 6.45) is 1.37. The van der Waals surface area contributed by atoms with E-state index in [1.165, 1.54) is 0 Å². The van der Waals surface area contributed by atoms with Crippen LogP contribution in [0, 0.1) is 13.8 Å². The minimum atomic E-state index is -0.943. The van der Waals surface area contributed by atoms with E-state index in [1.54, 1.807) is 11.6 Å². The molecule has 2 unspecified atom stereocenters. The number of carbonyl (C=O) groups is 1. The molecule has 2 atom stereocenters. The van der Waals surface area contributed by atoms with Crippen molar-refractivity contribution in [1.29, 1.82) is 0 Å². The highest BCUT2D eigenvalue weighted by Gasteiger charge is 2.35. The van der Waals surface area contributed by atoms with Gasteiger partial charge in [0.15, 0.2) is 0 Å². The molecule has 2 N–H and O–H groups in total. The van der Waals surface area contributed by atoms with E-state index in [9.17, 15) is 9.90 Å². The second-order valence-electron chi connectivity index (χ2n) is 5.27. The summed E-state index contributed by atoms with van der Waals surface area (Å²) in [5, 5.41) is 16.9. The summed E-state index contributed by atoms with van der Waals surface area (Å²) in [5.41, 5.74) is -0.943. The lowest BCUT2D eigenvalue weighted by atomic mass is 9.93. The van der Waals surface area contributed by atoms with Gasteiger partial charge in [-0.3, -0.25) is 4.79 Å². The highest BCUT2D eigenvalue weighted by atomic mass is 16.4. The highest BCUT2D eigenvalue weighted by Crippen LogP contribution is 2.22. The van der Waals surface area contributed by atoms with E-state index in [1.807, 2.05) is 27.7 Å². The predicted molar refractivity (Wildman–Crippen MR) is 73.2 cm³/mol. The highest BCUT2D eigenvalue weighted by molar-refractivity contribution is 5.78. The minimum Gasteiger partial charge on any atom is -0.480 e. The maximum Gasteiger partial charge on any atom is 0.323 e. The zero-order valence-electron chi connectivity index (χ0n) is 12.4. The van der Waals surface area contributed by atoms with Gasteiger partial charge in [0.25, 0.3) is 0 Å². The molecule has 0 saturated heterocycles. The number of carboxylic acid groups (broad SMARTS) is 1. The lowest BCUT2D eigenvalue weighted by Gasteiger charge is -2.29. The summed E-state index contributed by atoms with van der Waals surface area (Å²) >= 11 is 0. The summed E-state index contributed by atoms with van der Waals surface area (Å²) in [6, 6.07) is -0.0216. The molecule has 0 fully saturated rings. The molecule has 6 nitrogen and oxygen atoms in total. The van der Waals surface area contributed by atoms with E-state index in [0.717, 1.165) is 12.2 Å². The number of aromatic nitrogens is 3. The van der Waals surface area contributed by atoms with Gasteiger partial charge in [0.05, 0.1) is 6.04 Å². The van der Waals surface area contributed by atoms with Crippen LogP contribution in [-0.4, -0.2) is 37.9 Å². The van der Waals surface area contributed by atoms with Gasteiger partial charge in [0.2, 0.25) is 0 Å². The van der Waals surface area contributed by atoms with Gasteiger partial charge in [-0.25, -0.2) is 9.67 Å². The summed E-state index contributed by atoms with van der Waals surface area (Å²) in [6.45, 7) is 10.1. The zero-order valence-corrected chi connectivity index (χ0v) is 12.4. The molecule has 0 radical (unpaired) electrons. The first-order valence-electron chi connectivity index (χ1n) is 6.68. The summed E-state index contributed by atoms with van der Waals surface area (Å²) in [7, 11) is 0. The second kappa shape index (κ2) is 6.14. The predicted octanol–water partition coefficient (Wildman–Crippen LogP) is 1.69. The van der Waals surface area contributed by atoms with E-state index in [2.05, 4.69) is 15.4 Å². The Hall–Kier alpha value is -1.43. The molecule has 0 saturated carbocycles. The molecule has 0 aliphatic heterocycles. The normalized spacial score (nSPS) is 16.1. The van der Waals surface area contributed by atoms with Crippen LogP contribution in [0.4, 0.5) is 0 Å². The number of aliphatic carboxylic acids is 1. The quantitative estimate of drug-likeness (QED) is 0.786. The van der Waals surface area contributed by atoms with Crippen LogP contribution >= 0.6 is 0 Å². The zero-order chi connectivity index (χ0) is 14.6. The minimum absolute atomic E-state index is 0.0216. The van der Waals surface area contributed by atoms with Crippen LogP contribution in [0.1, 0.15) is 51.3 Å². The molecular weight excluding hydrogens is 244 g/mol. The maximum atomic E-state index is 11.5. The van der Waals surface area contributed by atoms with Gasteiger partial charge in [-0.1, -0.05) is 6.92 Å². The summed E-state index contributed by atoms with van der Waals surface area (Å²) < 4.78 is 1.80. The first-order chi connectivity index (χ1) is 8.80. The standard InChI is InChI=1S/C13H24N4O2/c1-6-7-14-13(5,12(18)19)8-9(2)17-11(4)15-10(3)16-17/h9,14H,6-8H2,1-5H3,(H,18,19). The van der Waals surface area contributed by atoms with Crippen LogP contribution < -0.4 is 5.32 Å². The Balaban J connectivity index is 2.84. The van der Waals surface area contributed by atoms with Crippen molar-refractivity contribution in [3.05, 3.63) is 11.6 Å². The van der Waals surface area contributed by atoms with Crippen molar-refractivity contribution in [2.24, 2.45) is 0 Å². The van der Waals surface area contributed by atoms with E-state index >= 15 is 0 Å². The van der Waals surface area contributed by atoms with Crippen molar-refractivity contribution in [3.63, 3.8) is 0 Å². The van der Waals surface area contributed by atoms with Gasteiger partial charge in [0, 0.05) is 0 Å². The van der Waals surface area contributed by atoms with Crippen molar-refractivity contribution in [3.8, 4) is 0 Å². The molecule has 1 rings (SSSR count). The average Bonchev–Trinajstić information content (AvgIpc) is 2.65. The molecule has 0 aliphatic rings. The van der Waals surface area contributed by atoms with Crippen molar-refractivity contribution < 1.29 is 9.90 Å². The number of aryl methyl sites for hydroxylation is 2. The Labute approximate surface area is 114 Å². The van der Waals surface area contributed by atoms with Gasteiger partial charge in [-0.15, -0.1) is 0 Å². The molecule has 108 valence electrons. The Morgan fingerprint density at radius 1 is 1.53 bits per heavy atom. The fourth-order valence-corrected chi connectivity index (χ4v) is 2.27. The van der Waals surface area contributed by atoms with Gasteiger partial charge in [-0.2, -0.15) is 5.10 Å². The van der Waals surface area contributed by atoms with Crippen molar-refractivity contribution >= 4 is 5.97 Å². The molecule has 0 bridgehead atoms. The molecule has 6 heteroatoms. The second-order valence-corrected chi connectivity index (χ2v) is 5.27. The Kier molecular flexibility index (Phi) is 5.05. The van der Waals surface area contributed by atoms with Gasteiger partial charge >= 0.3 is 5.97 Å². The first kappa shape index (κ1) is 15.6. The number of nitrogens with zero attached hydrogens (tertiary/aromatic N) is 3. The third-order valence-corrected chi connectivity index (χ3v) is 3.27. The van der Waals surface area contributed by atoms with E-state index < -0.39 is 11.5 Å². The molecule has 0 spiro atoms. The lowest BCUT2D eigenvalue weighted by molar-refractivity contribution is -0.144. The fraction of sp³-hybridized carbons (Fsp3) is 0.769. The monoisotopic (exact) mass is 268 g/mol. The molecule has 1 aromatic heterocycles. The fourth-order valence-electron chi connectivity index (χ4n) is 2.27. The van der Waals surface area contributed by atoms with Gasteiger partial charge < -0.3 is 10.4 Å². The van der Waals surface area contributed by atoms with Crippen LogP contribution in [0.5, 0.6) is 0 Å². The molecule has 1 heterocycles. The number of carboxylic acids is 1. The molecule has 1 aromatic rings. The molecule has 0 aliphatic carbocycles. The van der Waals surface area contributed by atoms with Crippen LogP contribution in [0.25, 0.3) is 0 Å². The van der Waals surface area contributed by atoms with E-state index in [0.29, 0.717) is 18.8 Å². The summed E-state index contributed by atoms with van der Waals surface area (Å²) in [4.78, 5) is 15.7.